The van der Waals surface area contributed by atoms with E-state index < -0.39 is 0 Å². The summed E-state index contributed by atoms with van der Waals surface area (Å²) in [5, 5.41) is 7.32. The molecule has 0 bridgehead atoms. The fraction of sp³-hybridized carbons (Fsp3) is 0.611. The van der Waals surface area contributed by atoms with E-state index in [-0.39, 0.29) is 0 Å². The van der Waals surface area contributed by atoms with Crippen molar-refractivity contribution in [2.45, 2.75) is 30.4 Å². The van der Waals surface area contributed by atoms with Gasteiger partial charge in [-0.2, -0.15) is 0 Å². The molecule has 0 aromatic heterocycles. The van der Waals surface area contributed by atoms with Gasteiger partial charge in [-0.1, -0.05) is 25.1 Å². The Balaban J connectivity index is 1.78. The van der Waals surface area contributed by atoms with Crippen molar-refractivity contribution < 1.29 is 0 Å². The first kappa shape index (κ1) is 18.1. The summed E-state index contributed by atoms with van der Waals surface area (Å²) in [6, 6.07) is 10.5. The standard InChI is InChI=1S/C18H30N4S/c1-4-19-18(21-13-16-10-11-22(3)14-16)20-12-15(2)23-17-8-6-5-7-9-17/h5-9,15-16H,4,10-14H2,1-3H3,(H2,19,20,21). The molecule has 1 fully saturated rings. The largest absolute Gasteiger partial charge is 0.357 e. The highest BCUT2D eigenvalue weighted by atomic mass is 32.2. The molecule has 1 aliphatic heterocycles. The molecule has 4 nitrogen and oxygen atoms in total. The Morgan fingerprint density at radius 1 is 1.35 bits per heavy atom. The molecule has 2 atom stereocenters. The second-order valence-corrected chi connectivity index (χ2v) is 7.77. The molecule has 1 aromatic rings. The van der Waals surface area contributed by atoms with Gasteiger partial charge in [0, 0.05) is 29.8 Å². The summed E-state index contributed by atoms with van der Waals surface area (Å²) in [7, 11) is 2.20. The van der Waals surface area contributed by atoms with Crippen molar-refractivity contribution in [3.63, 3.8) is 0 Å². The molecule has 0 aliphatic carbocycles. The van der Waals surface area contributed by atoms with Crippen LogP contribution < -0.4 is 10.6 Å². The summed E-state index contributed by atoms with van der Waals surface area (Å²) in [6.07, 6.45) is 1.28. The normalized spacial score (nSPS) is 20.5. The number of nitrogens with one attached hydrogen (secondary N) is 2. The summed E-state index contributed by atoms with van der Waals surface area (Å²) in [5.41, 5.74) is 0. The van der Waals surface area contributed by atoms with Crippen molar-refractivity contribution in [1.82, 2.24) is 15.5 Å². The molecule has 23 heavy (non-hydrogen) atoms. The Hall–Kier alpha value is -1.20. The molecular formula is C18H30N4S. The predicted octanol–water partition coefficient (Wildman–Crippen LogP) is 2.67. The molecule has 0 amide bonds. The van der Waals surface area contributed by atoms with Crippen molar-refractivity contribution >= 4 is 17.7 Å². The maximum atomic E-state index is 4.75. The maximum Gasteiger partial charge on any atom is 0.191 e. The number of benzene rings is 1. The lowest BCUT2D eigenvalue weighted by atomic mass is 10.1. The van der Waals surface area contributed by atoms with Gasteiger partial charge in [0.25, 0.3) is 0 Å². The van der Waals surface area contributed by atoms with Crippen molar-refractivity contribution in [2.24, 2.45) is 10.9 Å². The molecule has 2 N–H and O–H groups in total. The number of guanidine groups is 1. The number of rotatable bonds is 7. The molecule has 2 rings (SSSR count). The van der Waals surface area contributed by atoms with Crippen LogP contribution in [0.25, 0.3) is 0 Å². The number of hydrogen-bond acceptors (Lipinski definition) is 3. The minimum Gasteiger partial charge on any atom is -0.357 e. The van der Waals surface area contributed by atoms with E-state index in [4.69, 9.17) is 4.99 Å². The fourth-order valence-corrected chi connectivity index (χ4v) is 3.69. The molecular weight excluding hydrogens is 304 g/mol. The summed E-state index contributed by atoms with van der Waals surface area (Å²) in [6.45, 7) is 9.48. The summed E-state index contributed by atoms with van der Waals surface area (Å²) in [5.74, 6) is 1.68. The number of aliphatic imine (C=N–C) groups is 1. The lowest BCUT2D eigenvalue weighted by Crippen LogP contribution is -2.40. The van der Waals surface area contributed by atoms with E-state index in [0.29, 0.717) is 5.25 Å². The second-order valence-electron chi connectivity index (χ2n) is 6.26. The predicted molar refractivity (Wildman–Crippen MR) is 101 cm³/mol. The monoisotopic (exact) mass is 334 g/mol. The minimum atomic E-state index is 0.463. The van der Waals surface area contributed by atoms with E-state index in [1.165, 1.54) is 24.4 Å². The van der Waals surface area contributed by atoms with Crippen molar-refractivity contribution in [3.05, 3.63) is 30.3 Å². The summed E-state index contributed by atoms with van der Waals surface area (Å²) < 4.78 is 0. The van der Waals surface area contributed by atoms with Crippen molar-refractivity contribution in [1.29, 1.82) is 0 Å². The molecule has 2 unspecified atom stereocenters. The molecule has 1 heterocycles. The van der Waals surface area contributed by atoms with Crippen LogP contribution in [0.5, 0.6) is 0 Å². The highest BCUT2D eigenvalue weighted by molar-refractivity contribution is 8.00. The molecule has 128 valence electrons. The third kappa shape index (κ3) is 6.83. The van der Waals surface area contributed by atoms with Crippen molar-refractivity contribution in [2.75, 3.05) is 39.8 Å². The quantitative estimate of drug-likeness (QED) is 0.457. The first-order chi connectivity index (χ1) is 11.2. The van der Waals surface area contributed by atoms with Gasteiger partial charge in [0.1, 0.15) is 0 Å². The van der Waals surface area contributed by atoms with Crippen LogP contribution in [0.15, 0.2) is 40.2 Å². The zero-order valence-corrected chi connectivity index (χ0v) is 15.4. The molecule has 1 aromatic carbocycles. The van der Waals surface area contributed by atoms with Crippen LogP contribution in [-0.2, 0) is 0 Å². The Kier molecular flexibility index (Phi) is 7.76. The summed E-state index contributed by atoms with van der Waals surface area (Å²) in [4.78, 5) is 8.45. The van der Waals surface area contributed by atoms with Crippen LogP contribution in [0, 0.1) is 5.92 Å². The number of nitrogens with zero attached hydrogens (tertiary/aromatic N) is 2. The van der Waals surface area contributed by atoms with E-state index in [2.05, 4.69) is 66.8 Å². The third-order valence-corrected chi connectivity index (χ3v) is 5.07. The first-order valence-corrected chi connectivity index (χ1v) is 9.47. The van der Waals surface area contributed by atoms with Crippen LogP contribution in [0.1, 0.15) is 20.3 Å². The highest BCUT2D eigenvalue weighted by Crippen LogP contribution is 2.22. The number of thioether (sulfide) groups is 1. The molecule has 5 heteroatoms. The molecule has 0 radical (unpaired) electrons. The molecule has 0 spiro atoms. The van der Waals surface area contributed by atoms with Gasteiger partial charge in [0.05, 0.1) is 6.54 Å². The first-order valence-electron chi connectivity index (χ1n) is 8.59. The highest BCUT2D eigenvalue weighted by Gasteiger charge is 2.19. The minimum absolute atomic E-state index is 0.463. The SMILES string of the molecule is CCNC(=NCC(C)Sc1ccccc1)NCC1CCN(C)C1. The fourth-order valence-electron chi connectivity index (χ4n) is 2.76. The van der Waals surface area contributed by atoms with Gasteiger partial charge in [-0.25, -0.2) is 0 Å². The van der Waals surface area contributed by atoms with E-state index in [1.807, 2.05) is 11.8 Å². The Morgan fingerprint density at radius 2 is 2.13 bits per heavy atom. The van der Waals surface area contributed by atoms with Gasteiger partial charge >= 0.3 is 0 Å². The molecule has 0 saturated carbocycles. The summed E-state index contributed by atoms with van der Waals surface area (Å²) >= 11 is 1.88. The van der Waals surface area contributed by atoms with Crippen LogP contribution >= 0.6 is 11.8 Å². The van der Waals surface area contributed by atoms with E-state index >= 15 is 0 Å². The van der Waals surface area contributed by atoms with Gasteiger partial charge in [0.15, 0.2) is 5.96 Å². The van der Waals surface area contributed by atoms with E-state index in [9.17, 15) is 0 Å². The Labute approximate surface area is 145 Å². The number of hydrogen-bond donors (Lipinski definition) is 2. The van der Waals surface area contributed by atoms with Gasteiger partial charge in [-0.05, 0) is 45.0 Å². The average molecular weight is 335 g/mol. The van der Waals surface area contributed by atoms with Crippen LogP contribution in [0.2, 0.25) is 0 Å². The van der Waals surface area contributed by atoms with E-state index in [0.717, 1.165) is 31.5 Å². The lowest BCUT2D eigenvalue weighted by Gasteiger charge is -2.16. The maximum absolute atomic E-state index is 4.75. The third-order valence-electron chi connectivity index (χ3n) is 3.98. The zero-order valence-electron chi connectivity index (χ0n) is 14.6. The van der Waals surface area contributed by atoms with Gasteiger partial charge in [0.2, 0.25) is 0 Å². The van der Waals surface area contributed by atoms with Crippen LogP contribution in [0.3, 0.4) is 0 Å². The lowest BCUT2D eigenvalue weighted by molar-refractivity contribution is 0.394. The van der Waals surface area contributed by atoms with Gasteiger partial charge in [-0.15, -0.1) is 11.8 Å². The van der Waals surface area contributed by atoms with Crippen LogP contribution in [-0.4, -0.2) is 55.9 Å². The van der Waals surface area contributed by atoms with Crippen LogP contribution in [0.4, 0.5) is 0 Å². The zero-order chi connectivity index (χ0) is 16.5. The van der Waals surface area contributed by atoms with E-state index in [1.54, 1.807) is 0 Å². The Bertz CT molecular complexity index is 477. The topological polar surface area (TPSA) is 39.7 Å². The average Bonchev–Trinajstić information content (AvgIpc) is 2.96. The molecule has 1 aliphatic rings. The Morgan fingerprint density at radius 3 is 2.78 bits per heavy atom. The molecule has 1 saturated heterocycles. The van der Waals surface area contributed by atoms with Gasteiger partial charge < -0.3 is 15.5 Å². The van der Waals surface area contributed by atoms with Gasteiger partial charge in [-0.3, -0.25) is 4.99 Å². The smallest absolute Gasteiger partial charge is 0.191 e. The number of likely N-dealkylation sites (tertiary alicyclic amines) is 1. The second kappa shape index (κ2) is 9.83. The van der Waals surface area contributed by atoms with Crippen molar-refractivity contribution in [3.8, 4) is 0 Å².